The third-order valence-electron chi connectivity index (χ3n) is 11.3. The van der Waals surface area contributed by atoms with Crippen molar-refractivity contribution in [2.45, 2.75) is 112 Å². The van der Waals surface area contributed by atoms with Gasteiger partial charge in [-0.05, 0) is 122 Å². The minimum absolute atomic E-state index is 0.0187. The third kappa shape index (κ3) is 3.74. The summed E-state index contributed by atoms with van der Waals surface area (Å²) < 4.78 is 0. The van der Waals surface area contributed by atoms with Crippen molar-refractivity contribution >= 4 is 0 Å². The normalized spacial score (nSPS) is 48.3. The van der Waals surface area contributed by atoms with Crippen molar-refractivity contribution < 1.29 is 5.11 Å². The Morgan fingerprint density at radius 3 is 2.27 bits per heavy atom. The van der Waals surface area contributed by atoms with E-state index in [1.165, 1.54) is 51.4 Å². The van der Waals surface area contributed by atoms with Crippen molar-refractivity contribution in [3.05, 3.63) is 12.2 Å². The Labute approximate surface area is 187 Å². The van der Waals surface area contributed by atoms with Crippen LogP contribution in [0.3, 0.4) is 0 Å². The van der Waals surface area contributed by atoms with Gasteiger partial charge in [0.15, 0.2) is 0 Å². The number of aliphatic hydroxyl groups excluding tert-OH is 1. The first-order chi connectivity index (χ1) is 14.2. The van der Waals surface area contributed by atoms with Gasteiger partial charge in [-0.25, -0.2) is 0 Å². The SMILES string of the molecule is CC[C@H](/C=C\[C@H](C)[C@H]1CC[C@H]2[C@@H]3CC[C@H]4C[C@@H](O)CC[C@]4(C)[C@H]3CC[C@]12C)C(C)C. The molecule has 0 bridgehead atoms. The molecule has 0 spiro atoms. The van der Waals surface area contributed by atoms with E-state index >= 15 is 0 Å². The summed E-state index contributed by atoms with van der Waals surface area (Å²) in [5, 5.41) is 10.3. The predicted molar refractivity (Wildman–Crippen MR) is 128 cm³/mol. The number of hydrogen-bond acceptors (Lipinski definition) is 1. The number of allylic oxidation sites excluding steroid dienone is 2. The van der Waals surface area contributed by atoms with E-state index < -0.39 is 0 Å². The fraction of sp³-hybridized carbons (Fsp3) is 0.931. The van der Waals surface area contributed by atoms with Gasteiger partial charge >= 0.3 is 0 Å². The van der Waals surface area contributed by atoms with Crippen LogP contribution in [0.15, 0.2) is 12.2 Å². The summed E-state index contributed by atoms with van der Waals surface area (Å²) in [5.74, 6) is 6.72. The molecule has 0 aliphatic heterocycles. The van der Waals surface area contributed by atoms with Crippen molar-refractivity contribution in [3.63, 3.8) is 0 Å². The maximum atomic E-state index is 10.3. The lowest BCUT2D eigenvalue weighted by molar-refractivity contribution is -0.128. The minimum atomic E-state index is -0.0187. The third-order valence-corrected chi connectivity index (χ3v) is 11.3. The molecule has 0 aromatic heterocycles. The van der Waals surface area contributed by atoms with Crippen LogP contribution in [0.2, 0.25) is 0 Å². The van der Waals surface area contributed by atoms with Crippen molar-refractivity contribution in [1.29, 1.82) is 0 Å². The van der Waals surface area contributed by atoms with Crippen LogP contribution < -0.4 is 0 Å². The summed E-state index contributed by atoms with van der Waals surface area (Å²) in [5.41, 5.74) is 1.07. The monoisotopic (exact) mass is 414 g/mol. The van der Waals surface area contributed by atoms with Crippen LogP contribution in [-0.4, -0.2) is 11.2 Å². The maximum Gasteiger partial charge on any atom is 0.0543 e. The van der Waals surface area contributed by atoms with Gasteiger partial charge in [-0.15, -0.1) is 0 Å². The summed E-state index contributed by atoms with van der Waals surface area (Å²) in [7, 11) is 0. The molecule has 0 radical (unpaired) electrons. The Morgan fingerprint density at radius 1 is 0.867 bits per heavy atom. The van der Waals surface area contributed by atoms with Crippen molar-refractivity contribution in [2.75, 3.05) is 0 Å². The van der Waals surface area contributed by atoms with Gasteiger partial charge in [0.2, 0.25) is 0 Å². The lowest BCUT2D eigenvalue weighted by atomic mass is 9.44. The summed E-state index contributed by atoms with van der Waals surface area (Å²) in [6.45, 7) is 14.9. The number of fused-ring (bicyclic) bond motifs is 5. The molecule has 30 heavy (non-hydrogen) atoms. The molecule has 0 aromatic rings. The molecule has 1 nitrogen and oxygen atoms in total. The van der Waals surface area contributed by atoms with E-state index in [4.69, 9.17) is 0 Å². The lowest BCUT2D eigenvalue weighted by Crippen LogP contribution is -2.54. The molecule has 0 unspecified atom stereocenters. The van der Waals surface area contributed by atoms with E-state index in [1.807, 2.05) is 0 Å². The minimum Gasteiger partial charge on any atom is -0.393 e. The molecule has 4 fully saturated rings. The summed E-state index contributed by atoms with van der Waals surface area (Å²) in [6.07, 6.45) is 18.5. The van der Waals surface area contributed by atoms with Crippen LogP contribution in [0.25, 0.3) is 0 Å². The van der Waals surface area contributed by atoms with E-state index in [1.54, 1.807) is 0 Å². The van der Waals surface area contributed by atoms with Crippen molar-refractivity contribution in [2.24, 2.45) is 58.2 Å². The standard InChI is InChI=1S/C29H50O/c1-7-21(19(2)3)9-8-20(4)25-12-13-26-24-11-10-22-18-23(30)14-16-28(22,5)27(24)15-17-29(25,26)6/h8-9,19-27,30H,7,10-18H2,1-6H3/b9-8-/t20-,21+,22-,23-,24-,25+,26-,27-,28-,29+/m0/s1. The molecule has 4 aliphatic rings. The molecule has 0 amide bonds. The zero-order chi connectivity index (χ0) is 21.7. The molecular weight excluding hydrogens is 364 g/mol. The second kappa shape index (κ2) is 8.57. The Bertz CT molecular complexity index is 622. The summed E-state index contributed by atoms with van der Waals surface area (Å²) in [6, 6.07) is 0. The largest absolute Gasteiger partial charge is 0.393 e. The van der Waals surface area contributed by atoms with Gasteiger partial charge in [0.1, 0.15) is 0 Å². The van der Waals surface area contributed by atoms with E-state index in [-0.39, 0.29) is 6.10 Å². The first-order valence-corrected chi connectivity index (χ1v) is 13.6. The average molecular weight is 415 g/mol. The predicted octanol–water partition coefficient (Wildman–Crippen LogP) is 7.88. The van der Waals surface area contributed by atoms with E-state index in [0.29, 0.717) is 10.8 Å². The van der Waals surface area contributed by atoms with Gasteiger partial charge in [-0.3, -0.25) is 0 Å². The van der Waals surface area contributed by atoms with Crippen LogP contribution in [0, 0.1) is 58.2 Å². The highest BCUT2D eigenvalue weighted by molar-refractivity contribution is 5.11. The van der Waals surface area contributed by atoms with Crippen molar-refractivity contribution in [1.82, 2.24) is 0 Å². The van der Waals surface area contributed by atoms with Crippen molar-refractivity contribution in [3.8, 4) is 0 Å². The van der Waals surface area contributed by atoms with Crippen LogP contribution >= 0.6 is 0 Å². The average Bonchev–Trinajstić information content (AvgIpc) is 3.06. The van der Waals surface area contributed by atoms with E-state index in [2.05, 4.69) is 53.7 Å². The molecule has 4 rings (SSSR count). The Kier molecular flexibility index (Phi) is 6.53. The molecule has 0 saturated heterocycles. The van der Waals surface area contributed by atoms with E-state index in [0.717, 1.165) is 60.2 Å². The highest BCUT2D eigenvalue weighted by atomic mass is 16.3. The molecule has 4 saturated carbocycles. The topological polar surface area (TPSA) is 20.2 Å². The number of rotatable bonds is 5. The highest BCUT2D eigenvalue weighted by Gasteiger charge is 2.60. The molecule has 172 valence electrons. The number of aliphatic hydroxyl groups is 1. The molecule has 10 atom stereocenters. The fourth-order valence-electron chi connectivity index (χ4n) is 9.42. The number of hydrogen-bond donors (Lipinski definition) is 1. The van der Waals surface area contributed by atoms with Gasteiger partial charge in [0, 0.05) is 0 Å². The zero-order valence-corrected chi connectivity index (χ0v) is 20.9. The van der Waals surface area contributed by atoms with Crippen LogP contribution in [-0.2, 0) is 0 Å². The summed E-state index contributed by atoms with van der Waals surface area (Å²) in [4.78, 5) is 0. The molecule has 0 aromatic carbocycles. The van der Waals surface area contributed by atoms with Crippen LogP contribution in [0.5, 0.6) is 0 Å². The lowest BCUT2D eigenvalue weighted by Gasteiger charge is -2.61. The van der Waals surface area contributed by atoms with Gasteiger partial charge in [-0.2, -0.15) is 0 Å². The second-order valence-corrected chi connectivity index (χ2v) is 12.9. The Morgan fingerprint density at radius 2 is 1.57 bits per heavy atom. The van der Waals surface area contributed by atoms with Gasteiger partial charge < -0.3 is 5.11 Å². The second-order valence-electron chi connectivity index (χ2n) is 12.9. The van der Waals surface area contributed by atoms with E-state index in [9.17, 15) is 5.11 Å². The van der Waals surface area contributed by atoms with Crippen LogP contribution in [0.1, 0.15) is 106 Å². The van der Waals surface area contributed by atoms with Gasteiger partial charge in [0.05, 0.1) is 6.10 Å². The van der Waals surface area contributed by atoms with Crippen LogP contribution in [0.4, 0.5) is 0 Å². The molecule has 1 N–H and O–H groups in total. The Hall–Kier alpha value is -0.300. The molecule has 0 heterocycles. The quantitative estimate of drug-likeness (QED) is 0.454. The molecular formula is C29H50O. The first kappa shape index (κ1) is 22.9. The zero-order valence-electron chi connectivity index (χ0n) is 20.9. The van der Waals surface area contributed by atoms with Gasteiger partial charge in [0.25, 0.3) is 0 Å². The Balaban J connectivity index is 1.49. The molecule has 4 aliphatic carbocycles. The van der Waals surface area contributed by atoms with Gasteiger partial charge in [-0.1, -0.05) is 53.7 Å². The summed E-state index contributed by atoms with van der Waals surface area (Å²) >= 11 is 0. The maximum absolute atomic E-state index is 10.3. The first-order valence-electron chi connectivity index (χ1n) is 13.6. The fourth-order valence-corrected chi connectivity index (χ4v) is 9.42. The smallest absolute Gasteiger partial charge is 0.0543 e. The highest BCUT2D eigenvalue weighted by Crippen LogP contribution is 2.68. The molecule has 1 heteroatoms.